The molecular formula is C16H21F2N5O2. The van der Waals surface area contributed by atoms with Gasteiger partial charge in [-0.15, -0.1) is 0 Å². The van der Waals surface area contributed by atoms with Gasteiger partial charge in [-0.3, -0.25) is 4.90 Å². The van der Waals surface area contributed by atoms with E-state index in [9.17, 15) is 8.78 Å². The van der Waals surface area contributed by atoms with E-state index in [1.54, 1.807) is 17.0 Å². The third-order valence-electron chi connectivity index (χ3n) is 4.47. The zero-order valence-corrected chi connectivity index (χ0v) is 13.9. The largest absolute Gasteiger partial charge is 0.493 e. The summed E-state index contributed by atoms with van der Waals surface area (Å²) in [7, 11) is 1.39. The standard InChI is InChI=1S/C16H21F2N5O2/c1-24-12-9-10(5-6-11(12)25-13(17)18)23-15(20)21-14(19)22-16(23)7-3-2-4-8-16/h5-6,9,13H,2-4,7-8H2,1H3,(H4,19,20,21,22). The molecule has 0 radical (unpaired) electrons. The first-order valence-electron chi connectivity index (χ1n) is 8.08. The van der Waals surface area contributed by atoms with E-state index < -0.39 is 12.3 Å². The third kappa shape index (κ3) is 3.31. The number of nitrogens with two attached hydrogens (primary N) is 2. The van der Waals surface area contributed by atoms with Gasteiger partial charge in [-0.2, -0.15) is 13.8 Å². The number of rotatable bonds is 4. The molecule has 25 heavy (non-hydrogen) atoms. The summed E-state index contributed by atoms with van der Waals surface area (Å²) in [6.45, 7) is -2.93. The zero-order valence-electron chi connectivity index (χ0n) is 13.9. The average Bonchev–Trinajstić information content (AvgIpc) is 2.55. The Morgan fingerprint density at radius 2 is 1.88 bits per heavy atom. The molecule has 1 fully saturated rings. The topological polar surface area (TPSA) is 98.5 Å². The molecule has 2 aliphatic rings. The number of methoxy groups -OCH3 is 1. The summed E-state index contributed by atoms with van der Waals surface area (Å²) in [6.07, 6.45) is 4.66. The van der Waals surface area contributed by atoms with Gasteiger partial charge in [-0.1, -0.05) is 6.42 Å². The second kappa shape index (κ2) is 6.73. The molecule has 4 N–H and O–H groups in total. The SMILES string of the molecule is COc1cc(N2C(N)=NC(N)=NC23CCCCC3)ccc1OC(F)F. The van der Waals surface area contributed by atoms with Crippen LogP contribution in [-0.4, -0.2) is 31.3 Å². The Morgan fingerprint density at radius 3 is 2.52 bits per heavy atom. The molecule has 9 heteroatoms. The highest BCUT2D eigenvalue weighted by Crippen LogP contribution is 2.41. The molecular weight excluding hydrogens is 332 g/mol. The number of nitrogens with zero attached hydrogens (tertiary/aromatic N) is 3. The molecule has 1 aromatic rings. The van der Waals surface area contributed by atoms with Gasteiger partial charge in [0.25, 0.3) is 0 Å². The first-order chi connectivity index (χ1) is 11.9. The Morgan fingerprint density at radius 1 is 1.16 bits per heavy atom. The van der Waals surface area contributed by atoms with Gasteiger partial charge in [0.05, 0.1) is 12.8 Å². The van der Waals surface area contributed by atoms with Crippen molar-refractivity contribution in [2.75, 3.05) is 12.0 Å². The first kappa shape index (κ1) is 17.2. The van der Waals surface area contributed by atoms with Crippen LogP contribution in [0.25, 0.3) is 0 Å². The lowest BCUT2D eigenvalue weighted by atomic mass is 9.87. The predicted molar refractivity (Wildman–Crippen MR) is 91.2 cm³/mol. The monoisotopic (exact) mass is 353 g/mol. The Kier molecular flexibility index (Phi) is 4.65. The van der Waals surface area contributed by atoms with E-state index >= 15 is 0 Å². The van der Waals surface area contributed by atoms with E-state index in [0.29, 0.717) is 5.69 Å². The molecule has 136 valence electrons. The highest BCUT2D eigenvalue weighted by molar-refractivity contribution is 6.05. The van der Waals surface area contributed by atoms with Crippen molar-refractivity contribution in [3.8, 4) is 11.5 Å². The van der Waals surface area contributed by atoms with Gasteiger partial charge in [-0.25, -0.2) is 4.99 Å². The lowest BCUT2D eigenvalue weighted by Gasteiger charge is -2.45. The molecule has 1 saturated carbocycles. The van der Waals surface area contributed by atoms with Gasteiger partial charge >= 0.3 is 6.61 Å². The molecule has 7 nitrogen and oxygen atoms in total. The molecule has 0 bridgehead atoms. The number of halogens is 2. The van der Waals surface area contributed by atoms with Gasteiger partial charge in [0, 0.05) is 6.07 Å². The van der Waals surface area contributed by atoms with Crippen molar-refractivity contribution in [1.82, 2.24) is 0 Å². The minimum absolute atomic E-state index is 0.0468. The minimum Gasteiger partial charge on any atom is -0.493 e. The van der Waals surface area contributed by atoms with Crippen molar-refractivity contribution in [1.29, 1.82) is 0 Å². The van der Waals surface area contributed by atoms with Gasteiger partial charge in [0.15, 0.2) is 11.5 Å². The lowest BCUT2D eigenvalue weighted by Crippen LogP contribution is -2.58. The highest BCUT2D eigenvalue weighted by Gasteiger charge is 2.42. The summed E-state index contributed by atoms with van der Waals surface area (Å²) >= 11 is 0. The van der Waals surface area contributed by atoms with Crippen LogP contribution in [0.3, 0.4) is 0 Å². The van der Waals surface area contributed by atoms with Gasteiger partial charge in [0.2, 0.25) is 11.9 Å². The Balaban J connectivity index is 2.02. The fourth-order valence-electron chi connectivity index (χ4n) is 3.48. The summed E-state index contributed by atoms with van der Waals surface area (Å²) in [4.78, 5) is 10.4. The van der Waals surface area contributed by atoms with Gasteiger partial charge in [0.1, 0.15) is 5.66 Å². The van der Waals surface area contributed by atoms with Crippen LogP contribution in [0.2, 0.25) is 0 Å². The number of benzene rings is 1. The molecule has 1 aliphatic carbocycles. The first-order valence-corrected chi connectivity index (χ1v) is 8.08. The van der Waals surface area contributed by atoms with E-state index in [1.165, 1.54) is 13.2 Å². The Labute approximate surface area is 144 Å². The maximum atomic E-state index is 12.5. The van der Waals surface area contributed by atoms with Crippen LogP contribution in [0.5, 0.6) is 11.5 Å². The number of anilines is 1. The van der Waals surface area contributed by atoms with Crippen molar-refractivity contribution in [2.24, 2.45) is 21.5 Å². The van der Waals surface area contributed by atoms with Crippen LogP contribution in [0.1, 0.15) is 32.1 Å². The molecule has 3 rings (SSSR count). The van der Waals surface area contributed by atoms with Crippen molar-refractivity contribution in [2.45, 2.75) is 44.4 Å². The van der Waals surface area contributed by atoms with Gasteiger partial charge < -0.3 is 20.9 Å². The molecule has 1 aromatic carbocycles. The molecule has 0 aromatic heterocycles. The second-order valence-electron chi connectivity index (χ2n) is 6.03. The van der Waals surface area contributed by atoms with E-state index in [4.69, 9.17) is 16.2 Å². The van der Waals surface area contributed by atoms with Crippen LogP contribution in [-0.2, 0) is 0 Å². The van der Waals surface area contributed by atoms with Crippen molar-refractivity contribution in [3.63, 3.8) is 0 Å². The van der Waals surface area contributed by atoms with E-state index in [1.807, 2.05) is 0 Å². The van der Waals surface area contributed by atoms with Crippen LogP contribution in [0.15, 0.2) is 28.2 Å². The maximum absolute atomic E-state index is 12.5. The fourth-order valence-corrected chi connectivity index (χ4v) is 3.48. The summed E-state index contributed by atoms with van der Waals surface area (Å²) in [5.74, 6) is 0.507. The van der Waals surface area contributed by atoms with Crippen LogP contribution >= 0.6 is 0 Å². The molecule has 0 saturated heterocycles. The summed E-state index contributed by atoms with van der Waals surface area (Å²) in [6, 6.07) is 4.65. The van der Waals surface area contributed by atoms with E-state index in [2.05, 4.69) is 14.7 Å². The molecule has 0 atom stereocenters. The number of guanidine groups is 2. The molecule has 1 heterocycles. The van der Waals surface area contributed by atoms with Crippen LogP contribution in [0.4, 0.5) is 14.5 Å². The van der Waals surface area contributed by atoms with Crippen molar-refractivity contribution in [3.05, 3.63) is 18.2 Å². The summed E-state index contributed by atoms with van der Waals surface area (Å²) in [5, 5.41) is 0. The number of alkyl halides is 2. The van der Waals surface area contributed by atoms with E-state index in [0.717, 1.165) is 32.1 Å². The zero-order chi connectivity index (χ0) is 18.0. The second-order valence-corrected chi connectivity index (χ2v) is 6.03. The Hall–Kier alpha value is -2.58. The molecule has 0 amide bonds. The number of hydrogen-bond acceptors (Lipinski definition) is 7. The summed E-state index contributed by atoms with van der Waals surface area (Å²) < 4.78 is 34.7. The fraction of sp³-hybridized carbons (Fsp3) is 0.500. The number of ether oxygens (including phenoxy) is 2. The van der Waals surface area contributed by atoms with Crippen LogP contribution < -0.4 is 25.8 Å². The Bertz CT molecular complexity index is 702. The normalized spacial score (nSPS) is 19.6. The van der Waals surface area contributed by atoms with E-state index in [-0.39, 0.29) is 23.4 Å². The quantitative estimate of drug-likeness (QED) is 0.866. The number of aliphatic imine (C=N–C) groups is 2. The lowest BCUT2D eigenvalue weighted by molar-refractivity contribution is -0.0512. The molecule has 1 aliphatic heterocycles. The molecule has 0 unspecified atom stereocenters. The smallest absolute Gasteiger partial charge is 0.387 e. The van der Waals surface area contributed by atoms with Crippen LogP contribution in [0, 0.1) is 0 Å². The molecule has 1 spiro atoms. The van der Waals surface area contributed by atoms with Crippen molar-refractivity contribution < 1.29 is 18.3 Å². The predicted octanol–water partition coefficient (Wildman–Crippen LogP) is 2.41. The summed E-state index contributed by atoms with van der Waals surface area (Å²) in [5.41, 5.74) is 12.0. The number of hydrogen-bond donors (Lipinski definition) is 2. The average molecular weight is 353 g/mol. The highest BCUT2D eigenvalue weighted by atomic mass is 19.3. The minimum atomic E-state index is -2.93. The van der Waals surface area contributed by atoms with Crippen molar-refractivity contribution >= 4 is 17.6 Å². The third-order valence-corrected chi connectivity index (χ3v) is 4.47. The van der Waals surface area contributed by atoms with Gasteiger partial charge in [-0.05, 0) is 37.8 Å². The maximum Gasteiger partial charge on any atom is 0.387 e.